The molecule has 0 saturated carbocycles. The van der Waals surface area contributed by atoms with Crippen LogP contribution in [0.3, 0.4) is 0 Å². The summed E-state index contributed by atoms with van der Waals surface area (Å²) in [5, 5.41) is 0.918. The van der Waals surface area contributed by atoms with E-state index in [9.17, 15) is 17.6 Å². The molecule has 2 aromatic carbocycles. The fourth-order valence-corrected chi connectivity index (χ4v) is 4.23. The van der Waals surface area contributed by atoms with E-state index < -0.39 is 21.7 Å². The third-order valence-electron chi connectivity index (χ3n) is 3.79. The molecule has 0 unspecified atom stereocenters. The maximum atomic E-state index is 13.8. The van der Waals surface area contributed by atoms with Gasteiger partial charge < -0.3 is 4.98 Å². The number of carbonyl (C=O) groups excluding carboxylic acids is 1. The van der Waals surface area contributed by atoms with Gasteiger partial charge in [-0.15, -0.1) is 0 Å². The van der Waals surface area contributed by atoms with E-state index in [0.29, 0.717) is 16.5 Å². The first-order valence-electron chi connectivity index (χ1n) is 7.64. The van der Waals surface area contributed by atoms with Gasteiger partial charge in [-0.1, -0.05) is 23.2 Å². The van der Waals surface area contributed by atoms with Gasteiger partial charge in [-0.05, 0) is 48.9 Å². The van der Waals surface area contributed by atoms with Crippen molar-refractivity contribution in [2.75, 3.05) is 0 Å². The summed E-state index contributed by atoms with van der Waals surface area (Å²) in [5.41, 5.74) is 1.91. The largest absolute Gasteiger partial charge is 0.360 e. The molecular formula is C18H13Cl2FN2O3S. The van der Waals surface area contributed by atoms with Crippen LogP contribution in [-0.2, 0) is 14.8 Å². The van der Waals surface area contributed by atoms with Crippen molar-refractivity contribution in [3.8, 4) is 0 Å². The van der Waals surface area contributed by atoms with E-state index in [0.717, 1.165) is 11.6 Å². The summed E-state index contributed by atoms with van der Waals surface area (Å²) in [6.07, 6.45) is 4.06. The van der Waals surface area contributed by atoms with E-state index in [1.807, 2.05) is 11.6 Å². The van der Waals surface area contributed by atoms with Crippen molar-refractivity contribution in [3.05, 3.63) is 69.6 Å². The number of fused-ring (bicyclic) bond motifs is 1. The molecular weight excluding hydrogens is 414 g/mol. The normalized spacial score (nSPS) is 12.0. The Bertz CT molecular complexity index is 1170. The van der Waals surface area contributed by atoms with Crippen molar-refractivity contribution < 1.29 is 17.6 Å². The number of sulfonamides is 1. The Morgan fingerprint density at radius 2 is 1.81 bits per heavy atom. The summed E-state index contributed by atoms with van der Waals surface area (Å²) in [5.74, 6) is -1.36. The van der Waals surface area contributed by atoms with E-state index in [2.05, 4.69) is 4.98 Å². The first-order chi connectivity index (χ1) is 12.7. The highest BCUT2D eigenvalue weighted by Crippen LogP contribution is 2.24. The molecule has 27 heavy (non-hydrogen) atoms. The van der Waals surface area contributed by atoms with Gasteiger partial charge in [0.05, 0.1) is 10.4 Å². The highest BCUT2D eigenvalue weighted by Gasteiger charge is 2.17. The second-order valence-corrected chi connectivity index (χ2v) is 8.35. The summed E-state index contributed by atoms with van der Waals surface area (Å²) in [6.45, 7) is 1.82. The molecule has 0 spiro atoms. The molecule has 140 valence electrons. The molecule has 3 rings (SSSR count). The maximum absolute atomic E-state index is 13.8. The molecule has 0 fully saturated rings. The fourth-order valence-electron chi connectivity index (χ4n) is 2.56. The monoisotopic (exact) mass is 426 g/mol. The van der Waals surface area contributed by atoms with Gasteiger partial charge in [-0.25, -0.2) is 17.5 Å². The Morgan fingerprint density at radius 3 is 2.48 bits per heavy atom. The van der Waals surface area contributed by atoms with E-state index >= 15 is 0 Å². The SMILES string of the molecule is Cc1c[nH]c2c(/C=C/C(=O)NS(=O)(=O)c3cc(Cl)cc(Cl)c3)cc(F)cc12. The number of aromatic amines is 1. The second kappa shape index (κ2) is 7.34. The van der Waals surface area contributed by atoms with Crippen LogP contribution >= 0.6 is 23.2 Å². The van der Waals surface area contributed by atoms with Crippen LogP contribution in [0.25, 0.3) is 17.0 Å². The summed E-state index contributed by atoms with van der Waals surface area (Å²) in [4.78, 5) is 14.8. The zero-order valence-corrected chi connectivity index (χ0v) is 16.2. The van der Waals surface area contributed by atoms with Crippen molar-refractivity contribution in [3.63, 3.8) is 0 Å². The number of hydrogen-bond acceptors (Lipinski definition) is 3. The van der Waals surface area contributed by atoms with Gasteiger partial charge >= 0.3 is 0 Å². The molecule has 0 atom stereocenters. The average Bonchev–Trinajstić information content (AvgIpc) is 2.92. The molecule has 5 nitrogen and oxygen atoms in total. The predicted octanol–water partition coefficient (Wildman–Crippen LogP) is 4.44. The topological polar surface area (TPSA) is 79.0 Å². The number of amides is 1. The lowest BCUT2D eigenvalue weighted by Gasteiger charge is -2.06. The Balaban J connectivity index is 1.85. The lowest BCUT2D eigenvalue weighted by Crippen LogP contribution is -2.29. The molecule has 0 aliphatic carbocycles. The Hall–Kier alpha value is -2.35. The second-order valence-electron chi connectivity index (χ2n) is 5.80. The molecule has 0 aliphatic rings. The van der Waals surface area contributed by atoms with Crippen molar-refractivity contribution in [2.24, 2.45) is 0 Å². The van der Waals surface area contributed by atoms with Crippen molar-refractivity contribution in [1.82, 2.24) is 9.71 Å². The number of hydrogen-bond donors (Lipinski definition) is 2. The van der Waals surface area contributed by atoms with Crippen LogP contribution in [0.4, 0.5) is 4.39 Å². The van der Waals surface area contributed by atoms with Gasteiger partial charge in [0.25, 0.3) is 15.9 Å². The summed E-state index contributed by atoms with van der Waals surface area (Å²) in [6, 6.07) is 6.34. The van der Waals surface area contributed by atoms with Crippen LogP contribution in [0.2, 0.25) is 10.0 Å². The number of aromatic nitrogens is 1. The Kier molecular flexibility index (Phi) is 5.28. The number of aryl methyl sites for hydroxylation is 1. The molecule has 1 amide bonds. The van der Waals surface area contributed by atoms with E-state index in [4.69, 9.17) is 23.2 Å². The number of rotatable bonds is 4. The summed E-state index contributed by atoms with van der Waals surface area (Å²) in [7, 11) is -4.16. The van der Waals surface area contributed by atoms with Crippen LogP contribution in [-0.4, -0.2) is 19.3 Å². The van der Waals surface area contributed by atoms with Crippen LogP contribution in [0, 0.1) is 12.7 Å². The third kappa shape index (κ3) is 4.32. The molecule has 0 aliphatic heterocycles. The smallest absolute Gasteiger partial charge is 0.264 e. The van der Waals surface area contributed by atoms with Crippen LogP contribution < -0.4 is 4.72 Å². The standard InChI is InChI=1S/C18H13Cl2FN2O3S/c1-10-9-22-18-11(4-14(21)8-16(10)18)2-3-17(24)23-27(25,26)15-6-12(19)5-13(20)7-15/h2-9,22H,1H3,(H,23,24)/b3-2+. The van der Waals surface area contributed by atoms with Gasteiger partial charge in [0.15, 0.2) is 0 Å². The predicted molar refractivity (Wildman–Crippen MR) is 104 cm³/mol. The van der Waals surface area contributed by atoms with Gasteiger partial charge in [0, 0.05) is 33.3 Å². The first-order valence-corrected chi connectivity index (χ1v) is 9.88. The zero-order chi connectivity index (χ0) is 19.8. The first kappa shape index (κ1) is 19.4. The molecule has 0 bridgehead atoms. The van der Waals surface area contributed by atoms with E-state index in [1.54, 1.807) is 6.20 Å². The van der Waals surface area contributed by atoms with Gasteiger partial charge in [-0.2, -0.15) is 0 Å². The van der Waals surface area contributed by atoms with Crippen LogP contribution in [0.1, 0.15) is 11.1 Å². The highest BCUT2D eigenvalue weighted by molar-refractivity contribution is 7.90. The maximum Gasteiger partial charge on any atom is 0.264 e. The molecule has 3 aromatic rings. The van der Waals surface area contributed by atoms with Gasteiger partial charge in [-0.3, -0.25) is 4.79 Å². The number of carbonyl (C=O) groups is 1. The van der Waals surface area contributed by atoms with E-state index in [1.165, 1.54) is 36.4 Å². The zero-order valence-electron chi connectivity index (χ0n) is 13.9. The van der Waals surface area contributed by atoms with Crippen molar-refractivity contribution in [1.29, 1.82) is 0 Å². The molecule has 0 saturated heterocycles. The van der Waals surface area contributed by atoms with Crippen LogP contribution in [0.5, 0.6) is 0 Å². The minimum absolute atomic E-state index is 0.120. The molecule has 2 N–H and O–H groups in total. The van der Waals surface area contributed by atoms with E-state index in [-0.39, 0.29) is 14.9 Å². The van der Waals surface area contributed by atoms with Crippen LogP contribution in [0.15, 0.2) is 47.5 Å². The lowest BCUT2D eigenvalue weighted by molar-refractivity contribution is -0.114. The minimum Gasteiger partial charge on any atom is -0.360 e. The number of benzene rings is 2. The number of nitrogens with one attached hydrogen (secondary N) is 2. The lowest BCUT2D eigenvalue weighted by atomic mass is 10.1. The van der Waals surface area contributed by atoms with Crippen molar-refractivity contribution in [2.45, 2.75) is 11.8 Å². The average molecular weight is 427 g/mol. The number of halogens is 3. The van der Waals surface area contributed by atoms with Crippen molar-refractivity contribution >= 4 is 56.1 Å². The molecule has 1 heterocycles. The quantitative estimate of drug-likeness (QED) is 0.605. The number of H-pyrrole nitrogens is 1. The fraction of sp³-hybridized carbons (Fsp3) is 0.0556. The molecule has 0 radical (unpaired) electrons. The van der Waals surface area contributed by atoms with Gasteiger partial charge in [0.2, 0.25) is 0 Å². The minimum atomic E-state index is -4.16. The summed E-state index contributed by atoms with van der Waals surface area (Å²) >= 11 is 11.6. The third-order valence-corrected chi connectivity index (χ3v) is 5.55. The summed E-state index contributed by atoms with van der Waals surface area (Å²) < 4.78 is 40.2. The Labute approximate surface area is 164 Å². The molecule has 9 heteroatoms. The highest BCUT2D eigenvalue weighted by atomic mass is 35.5. The van der Waals surface area contributed by atoms with Gasteiger partial charge in [0.1, 0.15) is 5.82 Å². The molecule has 1 aromatic heterocycles. The Morgan fingerprint density at radius 1 is 1.15 bits per heavy atom.